The van der Waals surface area contributed by atoms with Crippen molar-refractivity contribution in [2.45, 2.75) is 52.5 Å². The Morgan fingerprint density at radius 1 is 1.17 bits per heavy atom. The van der Waals surface area contributed by atoms with Crippen molar-refractivity contribution in [1.82, 2.24) is 5.32 Å². The normalized spacial score (nSPS) is 11.9. The average molecular weight is 249 g/mol. The quantitative estimate of drug-likeness (QED) is 0.775. The maximum Gasteiger partial charge on any atom is 0.123 e. The first-order valence-corrected chi connectivity index (χ1v) is 6.87. The lowest BCUT2D eigenvalue weighted by atomic mass is 9.86. The van der Waals surface area contributed by atoms with Crippen molar-refractivity contribution in [3.63, 3.8) is 0 Å². The van der Waals surface area contributed by atoms with E-state index in [-0.39, 0.29) is 5.41 Å². The maximum atomic E-state index is 5.91. The van der Waals surface area contributed by atoms with Crippen molar-refractivity contribution < 1.29 is 4.74 Å². The SMILES string of the molecule is CC(C)NCCCOc1ccccc1C(C)(C)C. The van der Waals surface area contributed by atoms with Gasteiger partial charge >= 0.3 is 0 Å². The van der Waals surface area contributed by atoms with Crippen molar-refractivity contribution in [1.29, 1.82) is 0 Å². The summed E-state index contributed by atoms with van der Waals surface area (Å²) in [5, 5.41) is 3.40. The molecule has 0 radical (unpaired) electrons. The fourth-order valence-corrected chi connectivity index (χ4v) is 1.86. The average Bonchev–Trinajstić information content (AvgIpc) is 2.27. The van der Waals surface area contributed by atoms with Crippen LogP contribution in [0.2, 0.25) is 0 Å². The number of benzene rings is 1. The van der Waals surface area contributed by atoms with Crippen molar-refractivity contribution in [2.24, 2.45) is 0 Å². The molecule has 1 N–H and O–H groups in total. The van der Waals surface area contributed by atoms with Crippen molar-refractivity contribution in [2.75, 3.05) is 13.2 Å². The highest BCUT2D eigenvalue weighted by atomic mass is 16.5. The highest BCUT2D eigenvalue weighted by molar-refractivity contribution is 5.38. The third-order valence-electron chi connectivity index (χ3n) is 2.83. The van der Waals surface area contributed by atoms with E-state index in [1.54, 1.807) is 0 Å². The lowest BCUT2D eigenvalue weighted by Crippen LogP contribution is -2.25. The van der Waals surface area contributed by atoms with Gasteiger partial charge in [0.15, 0.2) is 0 Å². The molecule has 0 unspecified atom stereocenters. The van der Waals surface area contributed by atoms with Gasteiger partial charge < -0.3 is 10.1 Å². The standard InChI is InChI=1S/C16H27NO/c1-13(2)17-11-8-12-18-15-10-7-6-9-14(15)16(3,4)5/h6-7,9-10,13,17H,8,11-12H2,1-5H3. The molecule has 1 aromatic rings. The van der Waals surface area contributed by atoms with Crippen LogP contribution in [-0.2, 0) is 5.41 Å². The van der Waals surface area contributed by atoms with E-state index in [0.29, 0.717) is 6.04 Å². The molecule has 0 heterocycles. The molecule has 18 heavy (non-hydrogen) atoms. The Morgan fingerprint density at radius 3 is 2.44 bits per heavy atom. The number of hydrogen-bond acceptors (Lipinski definition) is 2. The third-order valence-corrected chi connectivity index (χ3v) is 2.83. The summed E-state index contributed by atoms with van der Waals surface area (Å²) in [4.78, 5) is 0. The fraction of sp³-hybridized carbons (Fsp3) is 0.625. The van der Waals surface area contributed by atoms with E-state index in [0.717, 1.165) is 25.3 Å². The number of ether oxygens (including phenoxy) is 1. The zero-order valence-electron chi connectivity index (χ0n) is 12.4. The topological polar surface area (TPSA) is 21.3 Å². The second-order valence-corrected chi connectivity index (χ2v) is 6.06. The number of rotatable bonds is 6. The van der Waals surface area contributed by atoms with Crippen LogP contribution in [0.3, 0.4) is 0 Å². The van der Waals surface area contributed by atoms with Gasteiger partial charge in [-0.15, -0.1) is 0 Å². The van der Waals surface area contributed by atoms with Gasteiger partial charge in [-0.25, -0.2) is 0 Å². The van der Waals surface area contributed by atoms with Crippen LogP contribution in [0.15, 0.2) is 24.3 Å². The number of hydrogen-bond donors (Lipinski definition) is 1. The van der Waals surface area contributed by atoms with E-state index in [9.17, 15) is 0 Å². The van der Waals surface area contributed by atoms with Crippen LogP contribution < -0.4 is 10.1 Å². The van der Waals surface area contributed by atoms with Gasteiger partial charge in [-0.1, -0.05) is 52.8 Å². The van der Waals surface area contributed by atoms with Gasteiger partial charge in [0.1, 0.15) is 5.75 Å². The van der Waals surface area contributed by atoms with Crippen LogP contribution in [0.25, 0.3) is 0 Å². The lowest BCUT2D eigenvalue weighted by molar-refractivity contribution is 0.298. The Balaban J connectivity index is 2.47. The summed E-state index contributed by atoms with van der Waals surface area (Å²) in [5.41, 5.74) is 1.41. The molecule has 0 atom stereocenters. The minimum atomic E-state index is 0.132. The molecule has 1 rings (SSSR count). The predicted octanol–water partition coefficient (Wildman–Crippen LogP) is 3.75. The van der Waals surface area contributed by atoms with Crippen LogP contribution in [0.1, 0.15) is 46.6 Å². The molecule has 0 aliphatic carbocycles. The monoisotopic (exact) mass is 249 g/mol. The summed E-state index contributed by atoms with van der Waals surface area (Å²) in [6, 6.07) is 8.88. The minimum absolute atomic E-state index is 0.132. The van der Waals surface area contributed by atoms with E-state index in [4.69, 9.17) is 4.74 Å². The summed E-state index contributed by atoms with van der Waals surface area (Å²) in [5.74, 6) is 1.02. The zero-order chi connectivity index (χ0) is 13.6. The molecule has 0 amide bonds. The molecule has 0 saturated carbocycles. The summed E-state index contributed by atoms with van der Waals surface area (Å²) in [6.07, 6.45) is 1.04. The molecule has 2 heteroatoms. The van der Waals surface area contributed by atoms with Gasteiger partial charge in [-0.2, -0.15) is 0 Å². The zero-order valence-corrected chi connectivity index (χ0v) is 12.4. The second-order valence-electron chi connectivity index (χ2n) is 6.06. The first kappa shape index (κ1) is 15.0. The summed E-state index contributed by atoms with van der Waals surface area (Å²) in [6.45, 7) is 12.8. The van der Waals surface area contributed by atoms with E-state index in [1.165, 1.54) is 5.56 Å². The molecular weight excluding hydrogens is 222 g/mol. The smallest absolute Gasteiger partial charge is 0.123 e. The van der Waals surface area contributed by atoms with E-state index >= 15 is 0 Å². The molecule has 0 aliphatic heterocycles. The van der Waals surface area contributed by atoms with E-state index in [1.807, 2.05) is 6.07 Å². The Kier molecular flexibility index (Phi) is 5.67. The second kappa shape index (κ2) is 6.79. The lowest BCUT2D eigenvalue weighted by Gasteiger charge is -2.22. The Bertz CT molecular complexity index is 352. The summed E-state index contributed by atoms with van der Waals surface area (Å²) < 4.78 is 5.91. The number of para-hydroxylation sites is 1. The molecule has 0 spiro atoms. The predicted molar refractivity (Wildman–Crippen MR) is 78.4 cm³/mol. The van der Waals surface area contributed by atoms with Crippen LogP contribution >= 0.6 is 0 Å². The molecule has 0 bridgehead atoms. The fourth-order valence-electron chi connectivity index (χ4n) is 1.86. The molecule has 1 aromatic carbocycles. The Morgan fingerprint density at radius 2 is 1.83 bits per heavy atom. The first-order valence-electron chi connectivity index (χ1n) is 6.87. The van der Waals surface area contributed by atoms with Crippen molar-refractivity contribution in [3.05, 3.63) is 29.8 Å². The van der Waals surface area contributed by atoms with Crippen molar-refractivity contribution >= 4 is 0 Å². The molecule has 102 valence electrons. The molecule has 0 saturated heterocycles. The molecular formula is C16H27NO. The molecule has 0 aromatic heterocycles. The summed E-state index contributed by atoms with van der Waals surface area (Å²) >= 11 is 0. The maximum absolute atomic E-state index is 5.91. The molecule has 0 fully saturated rings. The van der Waals surface area contributed by atoms with Crippen LogP contribution in [-0.4, -0.2) is 19.2 Å². The first-order chi connectivity index (χ1) is 8.41. The Labute approximate surface area is 112 Å². The minimum Gasteiger partial charge on any atom is -0.493 e. The van der Waals surface area contributed by atoms with Crippen LogP contribution in [0.4, 0.5) is 0 Å². The van der Waals surface area contributed by atoms with Gasteiger partial charge in [-0.05, 0) is 30.0 Å². The van der Waals surface area contributed by atoms with Gasteiger partial charge in [0.2, 0.25) is 0 Å². The molecule has 0 aliphatic rings. The highest BCUT2D eigenvalue weighted by Gasteiger charge is 2.17. The van der Waals surface area contributed by atoms with E-state index < -0.39 is 0 Å². The largest absolute Gasteiger partial charge is 0.493 e. The van der Waals surface area contributed by atoms with Gasteiger partial charge in [0.05, 0.1) is 6.61 Å². The van der Waals surface area contributed by atoms with Gasteiger partial charge in [-0.3, -0.25) is 0 Å². The number of nitrogens with one attached hydrogen (secondary N) is 1. The van der Waals surface area contributed by atoms with Gasteiger partial charge in [0, 0.05) is 6.04 Å². The molecule has 2 nitrogen and oxygen atoms in total. The third kappa shape index (κ3) is 5.09. The highest BCUT2D eigenvalue weighted by Crippen LogP contribution is 2.30. The van der Waals surface area contributed by atoms with Gasteiger partial charge in [0.25, 0.3) is 0 Å². The summed E-state index contributed by atoms with van der Waals surface area (Å²) in [7, 11) is 0. The van der Waals surface area contributed by atoms with E-state index in [2.05, 4.69) is 58.1 Å². The van der Waals surface area contributed by atoms with Crippen LogP contribution in [0.5, 0.6) is 5.75 Å². The van der Waals surface area contributed by atoms with Crippen LogP contribution in [0, 0.1) is 0 Å². The van der Waals surface area contributed by atoms with Crippen molar-refractivity contribution in [3.8, 4) is 5.75 Å². The Hall–Kier alpha value is -1.02.